The van der Waals surface area contributed by atoms with Crippen LogP contribution in [0.15, 0.2) is 65.2 Å². The Morgan fingerprint density at radius 1 is 1.00 bits per heavy atom. The van der Waals surface area contributed by atoms with Crippen LogP contribution in [-0.4, -0.2) is 41.3 Å². The highest BCUT2D eigenvalue weighted by atomic mass is 16.5. The van der Waals surface area contributed by atoms with Crippen LogP contribution in [0.2, 0.25) is 0 Å². The van der Waals surface area contributed by atoms with Gasteiger partial charge in [0.2, 0.25) is 5.89 Å². The van der Waals surface area contributed by atoms with Crippen molar-refractivity contribution in [1.82, 2.24) is 15.0 Å². The molecule has 3 aromatic rings. The molecule has 1 aliphatic heterocycles. The van der Waals surface area contributed by atoms with Gasteiger partial charge in [-0.1, -0.05) is 65.8 Å². The second-order valence-corrected chi connectivity index (χ2v) is 7.82. The fourth-order valence-electron chi connectivity index (χ4n) is 3.94. The number of rotatable bonds is 8. The van der Waals surface area contributed by atoms with Gasteiger partial charge in [0, 0.05) is 13.2 Å². The highest BCUT2D eigenvalue weighted by molar-refractivity contribution is 5.37. The van der Waals surface area contributed by atoms with Gasteiger partial charge in [-0.2, -0.15) is 4.98 Å². The van der Waals surface area contributed by atoms with Gasteiger partial charge < -0.3 is 9.26 Å². The third kappa shape index (κ3) is 5.31. The van der Waals surface area contributed by atoms with Crippen molar-refractivity contribution < 1.29 is 9.26 Å². The van der Waals surface area contributed by atoms with Crippen molar-refractivity contribution >= 4 is 0 Å². The first kappa shape index (κ1) is 19.8. The number of hydrogen-bond donors (Lipinski definition) is 0. The van der Waals surface area contributed by atoms with E-state index in [-0.39, 0.29) is 5.92 Å². The van der Waals surface area contributed by atoms with E-state index in [2.05, 4.69) is 41.4 Å². The molecule has 2 heterocycles. The van der Waals surface area contributed by atoms with Crippen LogP contribution in [0.3, 0.4) is 0 Å². The number of hydrogen-bond acceptors (Lipinski definition) is 5. The smallest absolute Gasteiger partial charge is 0.240 e. The van der Waals surface area contributed by atoms with E-state index in [1.54, 1.807) is 0 Å². The zero-order chi connectivity index (χ0) is 19.9. The summed E-state index contributed by atoms with van der Waals surface area (Å²) in [4.78, 5) is 6.98. The SMILES string of the molecule is CN(CCC1CCCCO1)Cc1nc(C(c2ccccc2)c2ccccc2)no1. The van der Waals surface area contributed by atoms with Crippen molar-refractivity contribution in [3.63, 3.8) is 0 Å². The maximum Gasteiger partial charge on any atom is 0.240 e. The second-order valence-electron chi connectivity index (χ2n) is 7.82. The lowest BCUT2D eigenvalue weighted by molar-refractivity contribution is 0.00602. The van der Waals surface area contributed by atoms with Gasteiger partial charge in [0.25, 0.3) is 0 Å². The lowest BCUT2D eigenvalue weighted by Gasteiger charge is -2.24. The third-order valence-corrected chi connectivity index (χ3v) is 5.52. The van der Waals surface area contributed by atoms with Gasteiger partial charge in [0.05, 0.1) is 18.6 Å². The fraction of sp³-hybridized carbons (Fsp3) is 0.417. The Morgan fingerprint density at radius 2 is 1.69 bits per heavy atom. The molecule has 29 heavy (non-hydrogen) atoms. The minimum Gasteiger partial charge on any atom is -0.378 e. The summed E-state index contributed by atoms with van der Waals surface area (Å²) in [6.07, 6.45) is 5.09. The quantitative estimate of drug-likeness (QED) is 0.560. The van der Waals surface area contributed by atoms with Gasteiger partial charge in [0.15, 0.2) is 5.82 Å². The lowest BCUT2D eigenvalue weighted by Crippen LogP contribution is -2.26. The number of ether oxygens (including phenoxy) is 1. The molecule has 1 saturated heterocycles. The van der Waals surface area contributed by atoms with Gasteiger partial charge in [-0.05, 0) is 43.9 Å². The van der Waals surface area contributed by atoms with Crippen LogP contribution >= 0.6 is 0 Å². The molecule has 2 aromatic carbocycles. The molecule has 0 saturated carbocycles. The van der Waals surface area contributed by atoms with E-state index in [9.17, 15) is 0 Å². The molecule has 0 spiro atoms. The van der Waals surface area contributed by atoms with Crippen LogP contribution in [0.25, 0.3) is 0 Å². The van der Waals surface area contributed by atoms with Crippen LogP contribution in [0, 0.1) is 0 Å². The van der Waals surface area contributed by atoms with Crippen molar-refractivity contribution in [2.45, 2.75) is 44.2 Å². The van der Waals surface area contributed by atoms with Crippen molar-refractivity contribution in [3.8, 4) is 0 Å². The van der Waals surface area contributed by atoms with Gasteiger partial charge in [0.1, 0.15) is 0 Å². The molecule has 4 rings (SSSR count). The average Bonchev–Trinajstić information content (AvgIpc) is 3.22. The molecular weight excluding hydrogens is 362 g/mol. The van der Waals surface area contributed by atoms with E-state index in [0.29, 0.717) is 24.4 Å². The topological polar surface area (TPSA) is 51.4 Å². The standard InChI is InChI=1S/C24H29N3O2/c1-27(16-15-21-14-8-9-17-28-21)18-22-25-24(26-29-22)23(19-10-4-2-5-11-19)20-12-6-3-7-13-20/h2-7,10-13,21,23H,8-9,14-18H2,1H3. The summed E-state index contributed by atoms with van der Waals surface area (Å²) >= 11 is 0. The molecule has 1 atom stereocenters. The average molecular weight is 392 g/mol. The predicted molar refractivity (Wildman–Crippen MR) is 113 cm³/mol. The summed E-state index contributed by atoms with van der Waals surface area (Å²) in [6, 6.07) is 20.7. The van der Waals surface area contributed by atoms with E-state index in [1.807, 2.05) is 36.4 Å². The zero-order valence-corrected chi connectivity index (χ0v) is 17.0. The number of nitrogens with zero attached hydrogens (tertiary/aromatic N) is 3. The van der Waals surface area contributed by atoms with Crippen LogP contribution in [-0.2, 0) is 11.3 Å². The Bertz CT molecular complexity index is 821. The Morgan fingerprint density at radius 3 is 2.31 bits per heavy atom. The van der Waals surface area contributed by atoms with E-state index in [4.69, 9.17) is 14.2 Å². The van der Waals surface area contributed by atoms with Gasteiger partial charge in [-0.25, -0.2) is 0 Å². The van der Waals surface area contributed by atoms with Crippen molar-refractivity contribution in [2.24, 2.45) is 0 Å². The Labute approximate surface area is 172 Å². The summed E-state index contributed by atoms with van der Waals surface area (Å²) in [7, 11) is 2.10. The molecule has 1 fully saturated rings. The normalized spacial score (nSPS) is 17.1. The monoisotopic (exact) mass is 391 g/mol. The van der Waals surface area contributed by atoms with Crippen LogP contribution < -0.4 is 0 Å². The highest BCUT2D eigenvalue weighted by Crippen LogP contribution is 2.30. The maximum absolute atomic E-state index is 5.83. The molecule has 0 amide bonds. The van der Waals surface area contributed by atoms with Crippen molar-refractivity contribution in [2.75, 3.05) is 20.2 Å². The van der Waals surface area contributed by atoms with E-state index < -0.39 is 0 Å². The summed E-state index contributed by atoms with van der Waals surface area (Å²) < 4.78 is 11.5. The van der Waals surface area contributed by atoms with Crippen molar-refractivity contribution in [3.05, 3.63) is 83.5 Å². The number of aromatic nitrogens is 2. The Kier molecular flexibility index (Phi) is 6.70. The summed E-state index contributed by atoms with van der Waals surface area (Å²) in [5, 5.41) is 4.33. The molecule has 5 heteroatoms. The van der Waals surface area contributed by atoms with Gasteiger partial charge in [-0.3, -0.25) is 4.90 Å². The first-order chi connectivity index (χ1) is 14.3. The minimum atomic E-state index is -0.0316. The zero-order valence-electron chi connectivity index (χ0n) is 17.0. The van der Waals surface area contributed by atoms with E-state index in [1.165, 1.54) is 19.3 Å². The summed E-state index contributed by atoms with van der Waals surface area (Å²) in [5.41, 5.74) is 2.32. The predicted octanol–water partition coefficient (Wildman–Crippen LogP) is 4.64. The van der Waals surface area contributed by atoms with Crippen LogP contribution in [0.4, 0.5) is 0 Å². The number of benzene rings is 2. The fourth-order valence-corrected chi connectivity index (χ4v) is 3.94. The molecule has 0 radical (unpaired) electrons. The van der Waals surface area contributed by atoms with E-state index >= 15 is 0 Å². The molecule has 0 N–H and O–H groups in total. The Balaban J connectivity index is 1.44. The van der Waals surface area contributed by atoms with E-state index in [0.717, 1.165) is 30.7 Å². The molecule has 0 aliphatic carbocycles. The molecule has 5 nitrogen and oxygen atoms in total. The first-order valence-electron chi connectivity index (χ1n) is 10.5. The molecular formula is C24H29N3O2. The first-order valence-corrected chi connectivity index (χ1v) is 10.5. The third-order valence-electron chi connectivity index (χ3n) is 5.52. The largest absolute Gasteiger partial charge is 0.378 e. The molecule has 1 aliphatic rings. The van der Waals surface area contributed by atoms with Crippen LogP contribution in [0.5, 0.6) is 0 Å². The van der Waals surface area contributed by atoms with Crippen LogP contribution in [0.1, 0.15) is 54.4 Å². The summed E-state index contributed by atoms with van der Waals surface area (Å²) in [6.45, 7) is 2.51. The maximum atomic E-state index is 5.83. The highest BCUT2D eigenvalue weighted by Gasteiger charge is 2.23. The van der Waals surface area contributed by atoms with Gasteiger partial charge in [-0.15, -0.1) is 0 Å². The van der Waals surface area contributed by atoms with Gasteiger partial charge >= 0.3 is 0 Å². The molecule has 0 bridgehead atoms. The molecule has 1 unspecified atom stereocenters. The second kappa shape index (κ2) is 9.81. The minimum absolute atomic E-state index is 0.0316. The molecule has 152 valence electrons. The summed E-state index contributed by atoms with van der Waals surface area (Å²) in [5.74, 6) is 1.33. The lowest BCUT2D eigenvalue weighted by atomic mass is 9.91. The molecule has 1 aromatic heterocycles. The van der Waals surface area contributed by atoms with Crippen molar-refractivity contribution in [1.29, 1.82) is 0 Å². The Hall–Kier alpha value is -2.50.